The van der Waals surface area contributed by atoms with Crippen molar-refractivity contribution in [3.63, 3.8) is 0 Å². The van der Waals surface area contributed by atoms with E-state index in [-0.39, 0.29) is 0 Å². The quantitative estimate of drug-likeness (QED) is 0.749. The molecule has 1 aliphatic carbocycles. The van der Waals surface area contributed by atoms with Crippen LogP contribution < -0.4 is 5.73 Å². The molecule has 1 aromatic carbocycles. The fourth-order valence-electron chi connectivity index (χ4n) is 2.69. The van der Waals surface area contributed by atoms with E-state index in [1.807, 2.05) is 0 Å². The van der Waals surface area contributed by atoms with Gasteiger partial charge in [0, 0.05) is 0 Å². The maximum absolute atomic E-state index is 5.50. The van der Waals surface area contributed by atoms with Gasteiger partial charge in [0.2, 0.25) is 0 Å². The summed E-state index contributed by atoms with van der Waals surface area (Å²) in [6.45, 7) is 0.820. The molecule has 1 aliphatic rings. The fraction of sp³-hybridized carbons (Fsp3) is 0.600. The number of aryl methyl sites for hydroxylation is 1. The van der Waals surface area contributed by atoms with Gasteiger partial charge in [-0.1, -0.05) is 37.1 Å². The predicted octanol–water partition coefficient (Wildman–Crippen LogP) is 3.63. The summed E-state index contributed by atoms with van der Waals surface area (Å²) >= 11 is 0. The van der Waals surface area contributed by atoms with Gasteiger partial charge in [-0.05, 0) is 55.7 Å². The normalized spacial score (nSPS) is 16.8. The molecule has 0 amide bonds. The van der Waals surface area contributed by atoms with Crippen molar-refractivity contribution in [3.05, 3.63) is 35.4 Å². The fourth-order valence-corrected chi connectivity index (χ4v) is 2.69. The molecule has 0 heterocycles. The molecular weight excluding hydrogens is 194 g/mol. The van der Waals surface area contributed by atoms with Gasteiger partial charge in [-0.2, -0.15) is 0 Å². The second-order valence-electron chi connectivity index (χ2n) is 4.97. The van der Waals surface area contributed by atoms with Crippen LogP contribution in [0.2, 0.25) is 0 Å². The zero-order valence-corrected chi connectivity index (χ0v) is 10.1. The predicted molar refractivity (Wildman–Crippen MR) is 69.6 cm³/mol. The SMILES string of the molecule is NCCCCc1ccc(C2CCCC2)cc1. The Bertz CT molecular complexity index is 296. The topological polar surface area (TPSA) is 26.0 Å². The Morgan fingerprint density at radius 1 is 1.00 bits per heavy atom. The molecular formula is C15H23N. The van der Waals surface area contributed by atoms with Gasteiger partial charge < -0.3 is 5.73 Å². The number of nitrogens with two attached hydrogens (primary N) is 1. The van der Waals surface area contributed by atoms with E-state index < -0.39 is 0 Å². The summed E-state index contributed by atoms with van der Waals surface area (Å²) in [4.78, 5) is 0. The Kier molecular flexibility index (Phi) is 4.41. The average Bonchev–Trinajstić information content (AvgIpc) is 2.84. The Labute approximate surface area is 99.0 Å². The van der Waals surface area contributed by atoms with E-state index in [0.717, 1.165) is 18.9 Å². The molecule has 1 saturated carbocycles. The van der Waals surface area contributed by atoms with Crippen LogP contribution in [0, 0.1) is 0 Å². The zero-order valence-electron chi connectivity index (χ0n) is 10.1. The van der Waals surface area contributed by atoms with Crippen LogP contribution in [0.4, 0.5) is 0 Å². The smallest absolute Gasteiger partial charge is 0.00772 e. The largest absolute Gasteiger partial charge is 0.330 e. The van der Waals surface area contributed by atoms with Gasteiger partial charge in [0.1, 0.15) is 0 Å². The van der Waals surface area contributed by atoms with Crippen LogP contribution in [0.15, 0.2) is 24.3 Å². The number of rotatable bonds is 5. The van der Waals surface area contributed by atoms with Crippen molar-refractivity contribution in [1.82, 2.24) is 0 Å². The van der Waals surface area contributed by atoms with E-state index in [1.54, 1.807) is 5.56 Å². The van der Waals surface area contributed by atoms with Crippen LogP contribution in [0.1, 0.15) is 55.6 Å². The molecule has 0 spiro atoms. The van der Waals surface area contributed by atoms with Gasteiger partial charge in [-0.25, -0.2) is 0 Å². The van der Waals surface area contributed by atoms with Crippen molar-refractivity contribution in [2.75, 3.05) is 6.54 Å². The molecule has 0 radical (unpaired) electrons. The van der Waals surface area contributed by atoms with E-state index in [9.17, 15) is 0 Å². The molecule has 0 saturated heterocycles. The molecule has 0 aliphatic heterocycles. The van der Waals surface area contributed by atoms with Crippen LogP contribution in [-0.4, -0.2) is 6.54 Å². The Balaban J connectivity index is 1.88. The molecule has 0 atom stereocenters. The number of hydrogen-bond donors (Lipinski definition) is 1. The Morgan fingerprint density at radius 2 is 1.69 bits per heavy atom. The van der Waals surface area contributed by atoms with E-state index in [2.05, 4.69) is 24.3 Å². The maximum Gasteiger partial charge on any atom is -0.00772 e. The van der Waals surface area contributed by atoms with Crippen molar-refractivity contribution in [2.45, 2.75) is 50.9 Å². The summed E-state index contributed by atoms with van der Waals surface area (Å²) < 4.78 is 0. The summed E-state index contributed by atoms with van der Waals surface area (Å²) in [5.74, 6) is 0.845. The molecule has 16 heavy (non-hydrogen) atoms. The maximum atomic E-state index is 5.50. The van der Waals surface area contributed by atoms with Gasteiger partial charge in [0.15, 0.2) is 0 Å². The molecule has 0 aromatic heterocycles. The van der Waals surface area contributed by atoms with Crippen LogP contribution >= 0.6 is 0 Å². The summed E-state index contributed by atoms with van der Waals surface area (Å²) in [5, 5.41) is 0. The van der Waals surface area contributed by atoms with Crippen LogP contribution in [-0.2, 0) is 6.42 Å². The number of unbranched alkanes of at least 4 members (excludes halogenated alkanes) is 1. The van der Waals surface area contributed by atoms with Gasteiger partial charge in [-0.15, -0.1) is 0 Å². The lowest BCUT2D eigenvalue weighted by atomic mass is 9.96. The summed E-state index contributed by atoms with van der Waals surface area (Å²) in [7, 11) is 0. The van der Waals surface area contributed by atoms with Crippen molar-refractivity contribution < 1.29 is 0 Å². The standard InChI is InChI=1S/C15H23N/c16-12-4-3-5-13-8-10-15(11-9-13)14-6-1-2-7-14/h8-11,14H,1-7,12,16H2. The molecule has 0 bridgehead atoms. The number of hydrogen-bond acceptors (Lipinski definition) is 1. The lowest BCUT2D eigenvalue weighted by molar-refractivity contribution is 0.719. The summed E-state index contributed by atoms with van der Waals surface area (Å²) in [5.41, 5.74) is 8.52. The molecule has 1 nitrogen and oxygen atoms in total. The van der Waals surface area contributed by atoms with Gasteiger partial charge >= 0.3 is 0 Å². The van der Waals surface area contributed by atoms with Gasteiger partial charge in [-0.3, -0.25) is 0 Å². The second kappa shape index (κ2) is 6.05. The van der Waals surface area contributed by atoms with Crippen LogP contribution in [0.25, 0.3) is 0 Å². The third-order valence-corrected chi connectivity index (χ3v) is 3.73. The van der Waals surface area contributed by atoms with Crippen molar-refractivity contribution in [2.24, 2.45) is 5.73 Å². The highest BCUT2D eigenvalue weighted by atomic mass is 14.5. The van der Waals surface area contributed by atoms with E-state index >= 15 is 0 Å². The highest BCUT2D eigenvalue weighted by molar-refractivity contribution is 5.26. The lowest BCUT2D eigenvalue weighted by Crippen LogP contribution is -1.99. The molecule has 1 heteroatoms. The zero-order chi connectivity index (χ0) is 11.2. The van der Waals surface area contributed by atoms with E-state index in [4.69, 9.17) is 5.73 Å². The summed E-state index contributed by atoms with van der Waals surface area (Å²) in [6, 6.07) is 9.30. The van der Waals surface area contributed by atoms with Crippen molar-refractivity contribution >= 4 is 0 Å². The average molecular weight is 217 g/mol. The highest BCUT2D eigenvalue weighted by Gasteiger charge is 2.16. The van der Waals surface area contributed by atoms with Gasteiger partial charge in [0.05, 0.1) is 0 Å². The first-order valence-electron chi connectivity index (χ1n) is 6.69. The summed E-state index contributed by atoms with van der Waals surface area (Å²) in [6.07, 6.45) is 9.18. The highest BCUT2D eigenvalue weighted by Crippen LogP contribution is 2.33. The third kappa shape index (κ3) is 3.08. The Morgan fingerprint density at radius 3 is 2.31 bits per heavy atom. The molecule has 2 N–H and O–H groups in total. The molecule has 1 aromatic rings. The lowest BCUT2D eigenvalue weighted by Gasteiger charge is -2.10. The minimum Gasteiger partial charge on any atom is -0.330 e. The monoisotopic (exact) mass is 217 g/mol. The first-order chi connectivity index (χ1) is 7.90. The number of benzene rings is 1. The van der Waals surface area contributed by atoms with Crippen molar-refractivity contribution in [1.29, 1.82) is 0 Å². The third-order valence-electron chi connectivity index (χ3n) is 3.73. The molecule has 88 valence electrons. The molecule has 2 rings (SSSR count). The van der Waals surface area contributed by atoms with Crippen molar-refractivity contribution in [3.8, 4) is 0 Å². The first-order valence-corrected chi connectivity index (χ1v) is 6.69. The molecule has 1 fully saturated rings. The minimum atomic E-state index is 0.820. The Hall–Kier alpha value is -0.820. The minimum absolute atomic E-state index is 0.820. The van der Waals surface area contributed by atoms with E-state index in [0.29, 0.717) is 0 Å². The van der Waals surface area contributed by atoms with Crippen LogP contribution in [0.5, 0.6) is 0 Å². The molecule has 0 unspecified atom stereocenters. The first kappa shape index (κ1) is 11.7. The van der Waals surface area contributed by atoms with Gasteiger partial charge in [0.25, 0.3) is 0 Å². The van der Waals surface area contributed by atoms with Crippen LogP contribution in [0.3, 0.4) is 0 Å². The van der Waals surface area contributed by atoms with E-state index in [1.165, 1.54) is 44.1 Å². The second-order valence-corrected chi connectivity index (χ2v) is 4.97.